The maximum atomic E-state index is 12.5. The van der Waals surface area contributed by atoms with Crippen molar-refractivity contribution in [1.29, 1.82) is 0 Å². The van der Waals surface area contributed by atoms with E-state index in [2.05, 4.69) is 11.2 Å². The van der Waals surface area contributed by atoms with Gasteiger partial charge in [0.25, 0.3) is 5.91 Å². The molecule has 2 amide bonds. The Hall–Kier alpha value is -3.00. The van der Waals surface area contributed by atoms with Crippen molar-refractivity contribution in [2.45, 2.75) is 12.8 Å². The van der Waals surface area contributed by atoms with Crippen molar-refractivity contribution >= 4 is 17.5 Å². The third-order valence-corrected chi connectivity index (χ3v) is 4.11. The van der Waals surface area contributed by atoms with Gasteiger partial charge < -0.3 is 14.6 Å². The van der Waals surface area contributed by atoms with Gasteiger partial charge in [-0.1, -0.05) is 12.0 Å². The highest BCUT2D eigenvalue weighted by molar-refractivity contribution is 5.95. The van der Waals surface area contributed by atoms with Crippen LogP contribution in [0.25, 0.3) is 0 Å². The summed E-state index contributed by atoms with van der Waals surface area (Å²) in [6.45, 7) is 1.02. The molecule has 5 nitrogen and oxygen atoms in total. The molecular formula is C19H18N2O3. The van der Waals surface area contributed by atoms with Gasteiger partial charge in [-0.25, -0.2) is 0 Å². The van der Waals surface area contributed by atoms with Crippen LogP contribution in [0, 0.1) is 18.3 Å². The number of carbonyl (C=O) groups is 2. The molecule has 1 aromatic heterocycles. The van der Waals surface area contributed by atoms with E-state index in [9.17, 15) is 9.59 Å². The third-order valence-electron chi connectivity index (χ3n) is 4.11. The van der Waals surface area contributed by atoms with Crippen molar-refractivity contribution in [3.8, 4) is 12.3 Å². The molecule has 24 heavy (non-hydrogen) atoms. The van der Waals surface area contributed by atoms with Crippen LogP contribution in [-0.2, 0) is 4.79 Å². The first-order chi connectivity index (χ1) is 11.7. The average molecular weight is 322 g/mol. The Balaban J connectivity index is 1.64. The first-order valence-electron chi connectivity index (χ1n) is 7.87. The lowest BCUT2D eigenvalue weighted by Crippen LogP contribution is -2.43. The van der Waals surface area contributed by atoms with E-state index in [4.69, 9.17) is 10.8 Å². The predicted molar refractivity (Wildman–Crippen MR) is 90.3 cm³/mol. The fourth-order valence-corrected chi connectivity index (χ4v) is 2.86. The summed E-state index contributed by atoms with van der Waals surface area (Å²) in [4.78, 5) is 26.5. The SMILES string of the molecule is C#Cc1cccc(NC(=O)[C@H]2CCCN(C(=O)c3ccco3)C2)c1. The van der Waals surface area contributed by atoms with Crippen LogP contribution in [0.2, 0.25) is 0 Å². The van der Waals surface area contributed by atoms with Crippen LogP contribution in [0.1, 0.15) is 29.0 Å². The number of carbonyl (C=O) groups excluding carboxylic acids is 2. The molecule has 1 aromatic carbocycles. The molecule has 1 fully saturated rings. The molecule has 0 spiro atoms. The smallest absolute Gasteiger partial charge is 0.289 e. The van der Waals surface area contributed by atoms with Crippen molar-refractivity contribution in [2.75, 3.05) is 18.4 Å². The normalized spacial score (nSPS) is 17.1. The molecule has 2 aromatic rings. The van der Waals surface area contributed by atoms with Gasteiger partial charge in [0.05, 0.1) is 12.2 Å². The van der Waals surface area contributed by atoms with E-state index in [1.54, 1.807) is 41.3 Å². The fraction of sp³-hybridized carbons (Fsp3) is 0.263. The Bertz CT molecular complexity index is 774. The summed E-state index contributed by atoms with van der Waals surface area (Å²) < 4.78 is 5.15. The molecule has 5 heteroatoms. The van der Waals surface area contributed by atoms with Gasteiger partial charge in [-0.2, -0.15) is 0 Å². The van der Waals surface area contributed by atoms with Crippen LogP contribution in [0.5, 0.6) is 0 Å². The number of benzene rings is 1. The van der Waals surface area contributed by atoms with E-state index in [0.29, 0.717) is 30.1 Å². The largest absolute Gasteiger partial charge is 0.459 e. The number of piperidine rings is 1. The zero-order valence-corrected chi connectivity index (χ0v) is 13.2. The van der Waals surface area contributed by atoms with E-state index >= 15 is 0 Å². The van der Waals surface area contributed by atoms with E-state index in [-0.39, 0.29) is 17.7 Å². The monoisotopic (exact) mass is 322 g/mol. The first-order valence-corrected chi connectivity index (χ1v) is 7.87. The van der Waals surface area contributed by atoms with Crippen molar-refractivity contribution in [3.63, 3.8) is 0 Å². The lowest BCUT2D eigenvalue weighted by Gasteiger charge is -2.31. The van der Waals surface area contributed by atoms with E-state index in [0.717, 1.165) is 12.8 Å². The number of nitrogens with zero attached hydrogens (tertiary/aromatic N) is 1. The quantitative estimate of drug-likeness (QED) is 0.884. The molecule has 1 saturated heterocycles. The summed E-state index contributed by atoms with van der Waals surface area (Å²) in [6, 6.07) is 10.5. The van der Waals surface area contributed by atoms with Gasteiger partial charge in [-0.3, -0.25) is 9.59 Å². The fourth-order valence-electron chi connectivity index (χ4n) is 2.86. The van der Waals surface area contributed by atoms with Gasteiger partial charge in [-0.15, -0.1) is 6.42 Å². The van der Waals surface area contributed by atoms with Crippen LogP contribution in [-0.4, -0.2) is 29.8 Å². The van der Waals surface area contributed by atoms with Gasteiger partial charge in [0.1, 0.15) is 0 Å². The molecule has 0 radical (unpaired) electrons. The topological polar surface area (TPSA) is 62.6 Å². The molecule has 1 atom stereocenters. The molecule has 122 valence electrons. The van der Waals surface area contributed by atoms with Crippen LogP contribution in [0.15, 0.2) is 47.1 Å². The second-order valence-electron chi connectivity index (χ2n) is 5.78. The number of nitrogens with one attached hydrogen (secondary N) is 1. The predicted octanol–water partition coefficient (Wildman–Crippen LogP) is 2.75. The molecule has 2 heterocycles. The van der Waals surface area contributed by atoms with Crippen LogP contribution in [0.3, 0.4) is 0 Å². The third kappa shape index (κ3) is 3.49. The molecule has 3 rings (SSSR count). The van der Waals surface area contributed by atoms with Gasteiger partial charge in [0, 0.05) is 24.3 Å². The Morgan fingerprint density at radius 1 is 1.29 bits per heavy atom. The number of rotatable bonds is 3. The number of hydrogen-bond acceptors (Lipinski definition) is 3. The summed E-state index contributed by atoms with van der Waals surface area (Å²) in [5, 5.41) is 2.88. The summed E-state index contributed by atoms with van der Waals surface area (Å²) in [6.07, 6.45) is 8.39. The number of terminal acetylenes is 1. The molecule has 0 aliphatic carbocycles. The zero-order chi connectivity index (χ0) is 16.9. The lowest BCUT2D eigenvalue weighted by molar-refractivity contribution is -0.121. The summed E-state index contributed by atoms with van der Waals surface area (Å²) in [5.41, 5.74) is 1.39. The molecule has 1 N–H and O–H groups in total. The van der Waals surface area contributed by atoms with Crippen molar-refractivity contribution in [2.24, 2.45) is 5.92 Å². The summed E-state index contributed by atoms with van der Waals surface area (Å²) in [5.74, 6) is 2.33. The van der Waals surface area contributed by atoms with Crippen LogP contribution >= 0.6 is 0 Å². The maximum Gasteiger partial charge on any atom is 0.289 e. The Kier molecular flexibility index (Phi) is 4.66. The number of anilines is 1. The van der Waals surface area contributed by atoms with E-state index in [1.807, 2.05) is 0 Å². The number of amides is 2. The molecular weight excluding hydrogens is 304 g/mol. The van der Waals surface area contributed by atoms with Gasteiger partial charge in [0.15, 0.2) is 5.76 Å². The van der Waals surface area contributed by atoms with Gasteiger partial charge in [0.2, 0.25) is 5.91 Å². The number of likely N-dealkylation sites (tertiary alicyclic amines) is 1. The number of furan rings is 1. The van der Waals surface area contributed by atoms with Crippen molar-refractivity contribution in [3.05, 3.63) is 54.0 Å². The lowest BCUT2D eigenvalue weighted by atomic mass is 9.96. The molecule has 0 bridgehead atoms. The minimum absolute atomic E-state index is 0.0962. The van der Waals surface area contributed by atoms with E-state index in [1.165, 1.54) is 6.26 Å². The second kappa shape index (κ2) is 7.05. The molecule has 0 unspecified atom stereocenters. The average Bonchev–Trinajstić information content (AvgIpc) is 3.16. The summed E-state index contributed by atoms with van der Waals surface area (Å²) >= 11 is 0. The standard InChI is InChI=1S/C19H18N2O3/c1-2-14-6-3-8-16(12-14)20-18(22)15-7-4-10-21(13-15)19(23)17-9-5-11-24-17/h1,3,5-6,8-9,11-12,15H,4,7,10,13H2,(H,20,22)/t15-/m0/s1. The minimum atomic E-state index is -0.243. The first kappa shape index (κ1) is 15.9. The Labute approximate surface area is 140 Å². The molecule has 1 aliphatic rings. The molecule has 0 saturated carbocycles. The highest BCUT2D eigenvalue weighted by Gasteiger charge is 2.29. The highest BCUT2D eigenvalue weighted by Crippen LogP contribution is 2.21. The van der Waals surface area contributed by atoms with Gasteiger partial charge in [-0.05, 0) is 43.2 Å². The highest BCUT2D eigenvalue weighted by atomic mass is 16.3. The zero-order valence-electron chi connectivity index (χ0n) is 13.2. The van der Waals surface area contributed by atoms with E-state index < -0.39 is 0 Å². The Morgan fingerprint density at radius 3 is 2.92 bits per heavy atom. The second-order valence-corrected chi connectivity index (χ2v) is 5.78. The maximum absolute atomic E-state index is 12.5. The molecule has 1 aliphatic heterocycles. The number of hydrogen-bond donors (Lipinski definition) is 1. The van der Waals surface area contributed by atoms with Crippen molar-refractivity contribution in [1.82, 2.24) is 4.90 Å². The van der Waals surface area contributed by atoms with Gasteiger partial charge >= 0.3 is 0 Å². The van der Waals surface area contributed by atoms with Crippen LogP contribution < -0.4 is 5.32 Å². The Morgan fingerprint density at radius 2 is 2.17 bits per heavy atom. The minimum Gasteiger partial charge on any atom is -0.459 e. The van der Waals surface area contributed by atoms with Crippen LogP contribution in [0.4, 0.5) is 5.69 Å². The summed E-state index contributed by atoms with van der Waals surface area (Å²) in [7, 11) is 0. The van der Waals surface area contributed by atoms with Crippen molar-refractivity contribution < 1.29 is 14.0 Å².